The summed E-state index contributed by atoms with van der Waals surface area (Å²) in [5.74, 6) is -0.121. The van der Waals surface area contributed by atoms with Crippen LogP contribution in [0.4, 0.5) is 4.39 Å². The third-order valence-electron chi connectivity index (χ3n) is 6.13. The molecule has 2 heterocycles. The summed E-state index contributed by atoms with van der Waals surface area (Å²) in [4.78, 5) is 30.8. The van der Waals surface area contributed by atoms with Gasteiger partial charge >= 0.3 is 0 Å². The molecule has 0 saturated carbocycles. The summed E-state index contributed by atoms with van der Waals surface area (Å²) in [6.45, 7) is 6.94. The number of aliphatic hydroxyl groups excluding tert-OH is 1. The summed E-state index contributed by atoms with van der Waals surface area (Å²) in [5, 5.41) is 9.96. The van der Waals surface area contributed by atoms with Crippen LogP contribution in [-0.4, -0.2) is 83.5 Å². The van der Waals surface area contributed by atoms with Crippen molar-refractivity contribution in [3.8, 4) is 0 Å². The number of β-amino-alcohol motifs (C(OH)–C–C–N with tert-alkyl or cyclic N) is 1. The molecule has 0 spiro atoms. The van der Waals surface area contributed by atoms with Gasteiger partial charge in [-0.3, -0.25) is 9.59 Å². The van der Waals surface area contributed by atoms with Gasteiger partial charge in [-0.15, -0.1) is 0 Å². The number of hydrogen-bond acceptors (Lipinski definition) is 4. The molecular weight excluding hydrogens is 433 g/mol. The molecule has 3 rings (SSSR count). The molecule has 0 aromatic heterocycles. The first kappa shape index (κ1) is 24.7. The van der Waals surface area contributed by atoms with Crippen molar-refractivity contribution in [2.75, 3.05) is 45.8 Å². The molecule has 2 atom stereocenters. The van der Waals surface area contributed by atoms with Gasteiger partial charge in [0.25, 0.3) is 0 Å². The third kappa shape index (κ3) is 7.29. The molecular formula is C24H33ClFN3O3. The predicted molar refractivity (Wildman–Crippen MR) is 124 cm³/mol. The van der Waals surface area contributed by atoms with Crippen LogP contribution in [0.25, 0.3) is 6.08 Å². The van der Waals surface area contributed by atoms with Crippen LogP contribution in [0.3, 0.4) is 0 Å². The number of nitrogens with zero attached hydrogens (tertiary/aromatic N) is 3. The Hall–Kier alpha value is -1.96. The topological polar surface area (TPSA) is 64.1 Å². The second-order valence-corrected chi connectivity index (χ2v) is 9.33. The lowest BCUT2D eigenvalue weighted by Gasteiger charge is -2.34. The Bertz CT molecular complexity index is 825. The van der Waals surface area contributed by atoms with Crippen LogP contribution in [0, 0.1) is 11.7 Å². The van der Waals surface area contributed by atoms with Gasteiger partial charge in [-0.2, -0.15) is 0 Å². The number of benzene rings is 1. The van der Waals surface area contributed by atoms with Crippen molar-refractivity contribution in [3.05, 3.63) is 40.7 Å². The lowest BCUT2D eigenvalue weighted by Crippen LogP contribution is -2.42. The Morgan fingerprint density at radius 1 is 1.22 bits per heavy atom. The van der Waals surface area contributed by atoms with E-state index in [1.165, 1.54) is 18.2 Å². The van der Waals surface area contributed by atoms with Gasteiger partial charge < -0.3 is 19.8 Å². The van der Waals surface area contributed by atoms with Gasteiger partial charge in [0.05, 0.1) is 11.1 Å². The largest absolute Gasteiger partial charge is 0.392 e. The van der Waals surface area contributed by atoms with Crippen molar-refractivity contribution in [1.82, 2.24) is 14.7 Å². The fourth-order valence-electron chi connectivity index (χ4n) is 4.46. The minimum atomic E-state index is -0.525. The molecule has 0 radical (unpaired) electrons. The van der Waals surface area contributed by atoms with Gasteiger partial charge in [0.1, 0.15) is 5.82 Å². The Morgan fingerprint density at radius 2 is 2.00 bits per heavy atom. The summed E-state index contributed by atoms with van der Waals surface area (Å²) < 4.78 is 13.5. The third-order valence-corrected chi connectivity index (χ3v) is 6.43. The number of carbonyl (C=O) groups is 2. The highest BCUT2D eigenvalue weighted by atomic mass is 35.5. The molecule has 8 heteroatoms. The second-order valence-electron chi connectivity index (χ2n) is 8.92. The van der Waals surface area contributed by atoms with Gasteiger partial charge in [-0.25, -0.2) is 4.39 Å². The van der Waals surface area contributed by atoms with Crippen LogP contribution >= 0.6 is 11.6 Å². The van der Waals surface area contributed by atoms with E-state index in [0.717, 1.165) is 38.9 Å². The van der Waals surface area contributed by atoms with Crippen LogP contribution in [0.1, 0.15) is 38.2 Å². The number of hydrogen-bond donors (Lipinski definition) is 1. The number of unbranched alkanes of at least 4 members (excludes halogenated alkanes) is 1. The van der Waals surface area contributed by atoms with Crippen molar-refractivity contribution in [3.63, 3.8) is 0 Å². The average Bonchev–Trinajstić information content (AvgIpc) is 2.93. The summed E-state index contributed by atoms with van der Waals surface area (Å²) >= 11 is 5.68. The highest BCUT2D eigenvalue weighted by Gasteiger charge is 2.24. The minimum Gasteiger partial charge on any atom is -0.392 e. The van der Waals surface area contributed by atoms with Crippen molar-refractivity contribution in [1.29, 1.82) is 0 Å². The molecule has 0 bridgehead atoms. The van der Waals surface area contributed by atoms with E-state index in [1.54, 1.807) is 17.0 Å². The summed E-state index contributed by atoms with van der Waals surface area (Å²) in [5.41, 5.74) is 0.559. The number of halogens is 2. The van der Waals surface area contributed by atoms with E-state index in [4.69, 9.17) is 11.6 Å². The van der Waals surface area contributed by atoms with Gasteiger partial charge in [0.15, 0.2) is 0 Å². The van der Waals surface area contributed by atoms with Crippen molar-refractivity contribution in [2.24, 2.45) is 5.92 Å². The first-order valence-electron chi connectivity index (χ1n) is 11.4. The summed E-state index contributed by atoms with van der Waals surface area (Å²) in [6, 6.07) is 4.39. The lowest BCUT2D eigenvalue weighted by molar-refractivity contribution is -0.130. The average molecular weight is 466 g/mol. The Balaban J connectivity index is 1.42. The zero-order valence-corrected chi connectivity index (χ0v) is 19.4. The summed E-state index contributed by atoms with van der Waals surface area (Å²) in [6.07, 6.45) is 5.81. The monoisotopic (exact) mass is 465 g/mol. The van der Waals surface area contributed by atoms with E-state index in [9.17, 15) is 19.1 Å². The molecule has 1 N–H and O–H groups in total. The first-order valence-corrected chi connectivity index (χ1v) is 11.8. The van der Waals surface area contributed by atoms with Crippen LogP contribution in [0.5, 0.6) is 0 Å². The number of carbonyl (C=O) groups excluding carboxylic acids is 2. The fraction of sp³-hybridized carbons (Fsp3) is 0.583. The number of likely N-dealkylation sites (tertiary alicyclic amines) is 1. The summed E-state index contributed by atoms with van der Waals surface area (Å²) in [7, 11) is 0. The van der Waals surface area contributed by atoms with E-state index >= 15 is 0 Å². The molecule has 1 aromatic rings. The molecule has 2 fully saturated rings. The van der Waals surface area contributed by atoms with Crippen LogP contribution < -0.4 is 0 Å². The molecule has 2 aliphatic heterocycles. The molecule has 2 amide bonds. The minimum absolute atomic E-state index is 0.0441. The quantitative estimate of drug-likeness (QED) is 0.496. The first-order chi connectivity index (χ1) is 15.3. The lowest BCUT2D eigenvalue weighted by atomic mass is 9.98. The van der Waals surface area contributed by atoms with Crippen LogP contribution in [-0.2, 0) is 9.59 Å². The molecule has 0 aliphatic carbocycles. The molecule has 176 valence electrons. The maximum absolute atomic E-state index is 13.5. The Kier molecular flexibility index (Phi) is 9.08. The van der Waals surface area contributed by atoms with E-state index < -0.39 is 5.82 Å². The zero-order valence-electron chi connectivity index (χ0n) is 18.7. The molecule has 2 saturated heterocycles. The van der Waals surface area contributed by atoms with Gasteiger partial charge in [0, 0.05) is 51.8 Å². The standard InChI is InChI=1S/C24H33ClFN3O3/c1-18-14-20(30)17-27(16-18)9-2-3-10-28-12-13-29(11-8-24(28)32)23(31)7-5-19-4-6-21(25)22(26)15-19/h4-7,15,18,20,30H,2-3,8-14,16-17H2,1H3/b7-5+/t18-,20+/m0/s1. The highest BCUT2D eigenvalue weighted by Crippen LogP contribution is 2.18. The van der Waals surface area contributed by atoms with E-state index in [2.05, 4.69) is 11.8 Å². The SMILES string of the molecule is C[C@H]1C[C@@H](O)CN(CCCCN2CCN(C(=O)/C=C/c3ccc(Cl)c(F)c3)CCC2=O)C1. The molecule has 1 aromatic carbocycles. The maximum atomic E-state index is 13.5. The molecule has 32 heavy (non-hydrogen) atoms. The molecule has 2 aliphatic rings. The van der Waals surface area contributed by atoms with E-state index in [-0.39, 0.29) is 22.9 Å². The zero-order chi connectivity index (χ0) is 23.1. The van der Waals surface area contributed by atoms with Gasteiger partial charge in [-0.1, -0.05) is 24.6 Å². The fourth-order valence-corrected chi connectivity index (χ4v) is 4.58. The van der Waals surface area contributed by atoms with E-state index in [1.807, 2.05) is 4.90 Å². The second kappa shape index (κ2) is 11.8. The number of rotatable bonds is 7. The molecule has 0 unspecified atom stereocenters. The van der Waals surface area contributed by atoms with Crippen LogP contribution in [0.15, 0.2) is 24.3 Å². The highest BCUT2D eigenvalue weighted by molar-refractivity contribution is 6.30. The number of piperidine rings is 1. The number of aliphatic hydroxyl groups is 1. The number of amides is 2. The smallest absolute Gasteiger partial charge is 0.246 e. The Morgan fingerprint density at radius 3 is 2.75 bits per heavy atom. The van der Waals surface area contributed by atoms with Crippen LogP contribution in [0.2, 0.25) is 5.02 Å². The van der Waals surface area contributed by atoms with Gasteiger partial charge in [0.2, 0.25) is 11.8 Å². The van der Waals surface area contributed by atoms with Crippen molar-refractivity contribution in [2.45, 2.75) is 38.7 Å². The van der Waals surface area contributed by atoms with E-state index in [0.29, 0.717) is 44.1 Å². The normalized spacial score (nSPS) is 23.1. The van der Waals surface area contributed by atoms with Crippen molar-refractivity contribution < 1.29 is 19.1 Å². The van der Waals surface area contributed by atoms with Gasteiger partial charge in [-0.05, 0) is 55.5 Å². The predicted octanol–water partition coefficient (Wildman–Crippen LogP) is 3.04. The maximum Gasteiger partial charge on any atom is 0.246 e. The Labute approximate surface area is 194 Å². The van der Waals surface area contributed by atoms with Crippen molar-refractivity contribution >= 4 is 29.5 Å². The molecule has 6 nitrogen and oxygen atoms in total.